The Kier molecular flexibility index (Phi) is 4.07. The van der Waals surface area contributed by atoms with Crippen LogP contribution in [0.3, 0.4) is 0 Å². The zero-order valence-electron chi connectivity index (χ0n) is 7.19. The van der Waals surface area contributed by atoms with Crippen molar-refractivity contribution in [3.63, 3.8) is 0 Å². The molecule has 0 radical (unpaired) electrons. The van der Waals surface area contributed by atoms with E-state index in [9.17, 15) is 9.90 Å². The van der Waals surface area contributed by atoms with Crippen molar-refractivity contribution in [1.29, 1.82) is 0 Å². The number of carboxylic acids is 1. The average Bonchev–Trinajstić information content (AvgIpc) is 2.03. The zero-order valence-corrected chi connectivity index (χ0v) is 8.70. The molecule has 0 N–H and O–H groups in total. The Hall–Kier alpha value is -0.210. The van der Waals surface area contributed by atoms with Gasteiger partial charge in [0, 0.05) is 5.97 Å². The molecule has 1 saturated carbocycles. The molecule has 1 aliphatic rings. The molecule has 0 amide bonds. The monoisotopic (exact) mass is 221 g/mol. The highest BCUT2D eigenvalue weighted by molar-refractivity contribution is 6.56. The molecule has 0 aromatic rings. The predicted molar refractivity (Wildman–Crippen MR) is 50.3 cm³/mol. The molecule has 1 fully saturated rings. The fourth-order valence-corrected chi connectivity index (χ4v) is 2.26. The van der Waals surface area contributed by atoms with Gasteiger partial charge >= 0.3 is 0 Å². The lowest BCUT2D eigenvalue weighted by Crippen LogP contribution is -2.27. The second-order valence-electron chi connectivity index (χ2n) is 3.30. The number of carboxylic acid groups (broad SMARTS) is 1. The third-order valence-electron chi connectivity index (χ3n) is 2.40. The minimum absolute atomic E-state index is 0.0104. The van der Waals surface area contributed by atoms with Crippen LogP contribution in [-0.4, -0.2) is 5.97 Å². The van der Waals surface area contributed by atoms with Gasteiger partial charge in [0.1, 0.15) is 4.49 Å². The van der Waals surface area contributed by atoms with E-state index >= 15 is 0 Å². The summed E-state index contributed by atoms with van der Waals surface area (Å²) in [6, 6.07) is 0. The summed E-state index contributed by atoms with van der Waals surface area (Å²) < 4.78 is 0.242. The van der Waals surface area contributed by atoms with Crippen molar-refractivity contribution in [2.75, 3.05) is 0 Å². The van der Waals surface area contributed by atoms with Crippen molar-refractivity contribution in [3.05, 3.63) is 10.1 Å². The van der Waals surface area contributed by atoms with E-state index < -0.39 is 5.97 Å². The number of hydrogen-bond donors (Lipinski definition) is 0. The molecule has 0 aliphatic heterocycles. The Morgan fingerprint density at radius 1 is 1.46 bits per heavy atom. The molecule has 0 aromatic carbocycles. The van der Waals surface area contributed by atoms with Crippen molar-refractivity contribution >= 4 is 29.2 Å². The Bertz CT molecular complexity index is 232. The van der Waals surface area contributed by atoms with Crippen LogP contribution in [0.25, 0.3) is 0 Å². The minimum Gasteiger partial charge on any atom is -0.550 e. The number of allylic oxidation sites excluding steroid dienone is 1. The summed E-state index contributed by atoms with van der Waals surface area (Å²) in [6.07, 6.45) is 3.80. The first-order valence-electron chi connectivity index (χ1n) is 4.35. The highest BCUT2D eigenvalue weighted by atomic mass is 35.5. The van der Waals surface area contributed by atoms with Gasteiger partial charge in [-0.15, -0.1) is 0 Å². The van der Waals surface area contributed by atoms with Gasteiger partial charge in [0.05, 0.1) is 0 Å². The summed E-state index contributed by atoms with van der Waals surface area (Å²) in [6.45, 7) is 0. The Morgan fingerprint density at radius 2 is 2.15 bits per heavy atom. The van der Waals surface area contributed by atoms with Crippen molar-refractivity contribution in [3.8, 4) is 0 Å². The van der Waals surface area contributed by atoms with Gasteiger partial charge in [-0.2, -0.15) is 0 Å². The van der Waals surface area contributed by atoms with Gasteiger partial charge in [0.15, 0.2) is 0 Å². The van der Waals surface area contributed by atoms with Crippen LogP contribution in [0.1, 0.15) is 32.1 Å². The van der Waals surface area contributed by atoms with Crippen LogP contribution in [0.4, 0.5) is 0 Å². The van der Waals surface area contributed by atoms with Crippen molar-refractivity contribution in [2.24, 2.45) is 5.92 Å². The van der Waals surface area contributed by atoms with E-state index in [1.807, 2.05) is 0 Å². The molecule has 2 nitrogen and oxygen atoms in total. The SMILES string of the molecule is O=C([O-])C[C@H]1CCCCC1=C(Cl)Cl. The Labute approximate surface area is 87.5 Å². The topological polar surface area (TPSA) is 40.1 Å². The second kappa shape index (κ2) is 4.87. The molecular weight excluding hydrogens is 211 g/mol. The van der Waals surface area contributed by atoms with Crippen LogP contribution in [0, 0.1) is 5.92 Å². The van der Waals surface area contributed by atoms with Crippen LogP contribution < -0.4 is 5.11 Å². The molecule has 0 bridgehead atoms. The maximum Gasteiger partial charge on any atom is 0.106 e. The van der Waals surface area contributed by atoms with Crippen LogP contribution in [-0.2, 0) is 4.79 Å². The number of rotatable bonds is 2. The van der Waals surface area contributed by atoms with Gasteiger partial charge in [0.25, 0.3) is 0 Å². The van der Waals surface area contributed by atoms with Gasteiger partial charge in [-0.25, -0.2) is 0 Å². The molecule has 0 saturated heterocycles. The number of halogens is 2. The second-order valence-corrected chi connectivity index (χ2v) is 4.25. The van der Waals surface area contributed by atoms with E-state index in [4.69, 9.17) is 23.2 Å². The molecule has 0 unspecified atom stereocenters. The van der Waals surface area contributed by atoms with Crippen molar-refractivity contribution in [2.45, 2.75) is 32.1 Å². The number of aliphatic carboxylic acids is 1. The summed E-state index contributed by atoms with van der Waals surface area (Å²) in [7, 11) is 0. The number of carbonyl (C=O) groups is 1. The van der Waals surface area contributed by atoms with Crippen LogP contribution >= 0.6 is 23.2 Å². The number of carbonyl (C=O) groups excluding carboxylic acids is 1. The quantitative estimate of drug-likeness (QED) is 0.716. The molecule has 1 rings (SSSR count). The fourth-order valence-electron chi connectivity index (χ4n) is 1.76. The van der Waals surface area contributed by atoms with Crippen molar-refractivity contribution in [1.82, 2.24) is 0 Å². The standard InChI is InChI=1S/C9H12Cl2O2/c10-9(11)7-4-2-1-3-6(7)5-8(12)13/h6H,1-5H2,(H,12,13)/p-1/t6-/m1/s1. The van der Waals surface area contributed by atoms with E-state index in [1.54, 1.807) is 0 Å². The smallest absolute Gasteiger partial charge is 0.106 e. The zero-order chi connectivity index (χ0) is 9.84. The van der Waals surface area contributed by atoms with Gasteiger partial charge in [-0.3, -0.25) is 0 Å². The van der Waals surface area contributed by atoms with Crippen LogP contribution in [0.5, 0.6) is 0 Å². The summed E-state index contributed by atoms with van der Waals surface area (Å²) in [5.41, 5.74) is 0.888. The maximum absolute atomic E-state index is 10.4. The van der Waals surface area contributed by atoms with Gasteiger partial charge < -0.3 is 9.90 Å². The highest BCUT2D eigenvalue weighted by Crippen LogP contribution is 2.35. The van der Waals surface area contributed by atoms with Gasteiger partial charge in [-0.05, 0) is 37.2 Å². The highest BCUT2D eigenvalue weighted by Gasteiger charge is 2.21. The molecule has 0 spiro atoms. The van der Waals surface area contributed by atoms with Crippen LogP contribution in [0.15, 0.2) is 10.1 Å². The largest absolute Gasteiger partial charge is 0.550 e. The third kappa shape index (κ3) is 3.20. The van der Waals surface area contributed by atoms with E-state index in [1.165, 1.54) is 0 Å². The van der Waals surface area contributed by atoms with E-state index in [0.29, 0.717) is 0 Å². The molecule has 0 aromatic heterocycles. The molecule has 1 atom stereocenters. The molecule has 4 heteroatoms. The molecule has 74 valence electrons. The van der Waals surface area contributed by atoms with Gasteiger partial charge in [-0.1, -0.05) is 29.6 Å². The lowest BCUT2D eigenvalue weighted by Gasteiger charge is -2.25. The minimum atomic E-state index is -1.03. The lowest BCUT2D eigenvalue weighted by molar-refractivity contribution is -0.306. The third-order valence-corrected chi connectivity index (χ3v) is 2.88. The molecule has 1 aliphatic carbocycles. The van der Waals surface area contributed by atoms with E-state index in [2.05, 4.69) is 0 Å². The summed E-state index contributed by atoms with van der Waals surface area (Å²) in [5, 5.41) is 10.4. The normalized spacial score (nSPS) is 22.9. The van der Waals surface area contributed by atoms with E-state index in [-0.39, 0.29) is 16.8 Å². The molecule has 13 heavy (non-hydrogen) atoms. The predicted octanol–water partition coefficient (Wildman–Crippen LogP) is 2.01. The Morgan fingerprint density at radius 3 is 2.69 bits per heavy atom. The van der Waals surface area contributed by atoms with Crippen molar-refractivity contribution < 1.29 is 9.90 Å². The van der Waals surface area contributed by atoms with Gasteiger partial charge in [0.2, 0.25) is 0 Å². The number of hydrogen-bond acceptors (Lipinski definition) is 2. The lowest BCUT2D eigenvalue weighted by atomic mass is 9.83. The first-order chi connectivity index (χ1) is 6.11. The molecular formula is C9H11Cl2O2-. The summed E-state index contributed by atoms with van der Waals surface area (Å²) in [5.74, 6) is -1.04. The Balaban J connectivity index is 2.68. The summed E-state index contributed by atoms with van der Waals surface area (Å²) in [4.78, 5) is 10.4. The molecule has 0 heterocycles. The first kappa shape index (κ1) is 10.9. The van der Waals surface area contributed by atoms with Crippen LogP contribution in [0.2, 0.25) is 0 Å². The van der Waals surface area contributed by atoms with E-state index in [0.717, 1.165) is 31.3 Å². The average molecular weight is 222 g/mol. The summed E-state index contributed by atoms with van der Waals surface area (Å²) >= 11 is 11.3. The maximum atomic E-state index is 10.4. The fraction of sp³-hybridized carbons (Fsp3) is 0.667. The first-order valence-corrected chi connectivity index (χ1v) is 5.10.